The van der Waals surface area contributed by atoms with Crippen molar-refractivity contribution in [3.05, 3.63) is 53.9 Å². The van der Waals surface area contributed by atoms with Crippen molar-refractivity contribution < 1.29 is 4.39 Å². The van der Waals surface area contributed by atoms with Gasteiger partial charge in [-0.05, 0) is 43.9 Å². The van der Waals surface area contributed by atoms with Crippen LogP contribution < -0.4 is 5.32 Å². The third-order valence-electron chi connectivity index (χ3n) is 3.81. The monoisotopic (exact) mass is 273 g/mol. The summed E-state index contributed by atoms with van der Waals surface area (Å²) in [4.78, 5) is 4.26. The van der Waals surface area contributed by atoms with Gasteiger partial charge in [-0.1, -0.05) is 12.1 Å². The first kappa shape index (κ1) is 13.3. The third kappa shape index (κ3) is 3.25. The van der Waals surface area contributed by atoms with Gasteiger partial charge in [0.2, 0.25) is 0 Å². The van der Waals surface area contributed by atoms with Crippen LogP contribution in [0.2, 0.25) is 0 Å². The van der Waals surface area contributed by atoms with Gasteiger partial charge in [0.1, 0.15) is 5.82 Å². The molecule has 0 radical (unpaired) electrons. The summed E-state index contributed by atoms with van der Waals surface area (Å²) in [5, 5.41) is 3.52. The van der Waals surface area contributed by atoms with Gasteiger partial charge in [0.15, 0.2) is 0 Å². The van der Waals surface area contributed by atoms with E-state index in [1.165, 1.54) is 30.7 Å². The lowest BCUT2D eigenvalue weighted by atomic mass is 10.1. The highest BCUT2D eigenvalue weighted by molar-refractivity contribution is 5.17. The largest absolute Gasteiger partial charge is 0.330 e. The summed E-state index contributed by atoms with van der Waals surface area (Å²) in [7, 11) is 0. The van der Waals surface area contributed by atoms with Gasteiger partial charge in [0.25, 0.3) is 0 Å². The third-order valence-corrected chi connectivity index (χ3v) is 3.81. The molecule has 1 saturated carbocycles. The predicted octanol–water partition coefficient (Wildman–Crippen LogP) is 3.08. The molecule has 1 fully saturated rings. The second-order valence-electron chi connectivity index (χ2n) is 5.63. The number of aromatic nitrogens is 2. The van der Waals surface area contributed by atoms with Gasteiger partial charge in [-0.15, -0.1) is 0 Å². The smallest absolute Gasteiger partial charge is 0.123 e. The molecular weight excluding hydrogens is 253 g/mol. The van der Waals surface area contributed by atoms with E-state index >= 15 is 0 Å². The van der Waals surface area contributed by atoms with Crippen LogP contribution in [-0.2, 0) is 13.0 Å². The van der Waals surface area contributed by atoms with Crippen molar-refractivity contribution in [3.8, 4) is 0 Å². The Morgan fingerprint density at radius 2 is 2.10 bits per heavy atom. The Morgan fingerprint density at radius 1 is 1.35 bits per heavy atom. The van der Waals surface area contributed by atoms with E-state index in [-0.39, 0.29) is 5.82 Å². The number of nitrogens with zero attached hydrogens (tertiary/aromatic N) is 2. The second kappa shape index (κ2) is 5.75. The number of imidazole rings is 1. The standard InChI is InChI=1S/C16H20FN3/c1-12(8-13-2-4-14(17)5-3-13)20-11-18-9-16(20)10-19-15-6-7-15/h2-5,9,11-12,15,19H,6-8,10H2,1H3. The number of benzene rings is 1. The SMILES string of the molecule is CC(Cc1ccc(F)cc1)n1cncc1CNC1CC1. The maximum absolute atomic E-state index is 12.9. The normalized spacial score (nSPS) is 16.3. The number of hydrogen-bond acceptors (Lipinski definition) is 2. The lowest BCUT2D eigenvalue weighted by molar-refractivity contribution is 0.510. The van der Waals surface area contributed by atoms with Crippen LogP contribution in [0, 0.1) is 5.82 Å². The van der Waals surface area contributed by atoms with Gasteiger partial charge in [-0.2, -0.15) is 0 Å². The molecule has 1 N–H and O–H groups in total. The summed E-state index contributed by atoms with van der Waals surface area (Å²) in [5.74, 6) is -0.182. The summed E-state index contributed by atoms with van der Waals surface area (Å²) < 4.78 is 15.1. The van der Waals surface area contributed by atoms with Crippen LogP contribution in [-0.4, -0.2) is 15.6 Å². The Balaban J connectivity index is 1.65. The van der Waals surface area contributed by atoms with Crippen LogP contribution >= 0.6 is 0 Å². The van der Waals surface area contributed by atoms with Gasteiger partial charge in [-0.25, -0.2) is 9.37 Å². The van der Waals surface area contributed by atoms with E-state index in [0.29, 0.717) is 12.1 Å². The molecule has 1 aromatic carbocycles. The Hall–Kier alpha value is -1.68. The molecule has 0 amide bonds. The topological polar surface area (TPSA) is 29.9 Å². The molecule has 0 spiro atoms. The summed E-state index contributed by atoms with van der Waals surface area (Å²) in [6, 6.07) is 7.76. The molecule has 1 aromatic heterocycles. The van der Waals surface area contributed by atoms with Crippen LogP contribution in [0.1, 0.15) is 37.1 Å². The molecule has 1 aliphatic carbocycles. The van der Waals surface area contributed by atoms with Gasteiger partial charge < -0.3 is 9.88 Å². The molecule has 106 valence electrons. The number of hydrogen-bond donors (Lipinski definition) is 1. The fourth-order valence-corrected chi connectivity index (χ4v) is 2.46. The Bertz CT molecular complexity index is 557. The van der Waals surface area contributed by atoms with Crippen molar-refractivity contribution in [2.45, 2.75) is 44.8 Å². The van der Waals surface area contributed by atoms with E-state index < -0.39 is 0 Å². The molecule has 1 heterocycles. The predicted molar refractivity (Wildman–Crippen MR) is 76.9 cm³/mol. The Kier molecular flexibility index (Phi) is 3.83. The first-order valence-electron chi connectivity index (χ1n) is 7.21. The Labute approximate surface area is 118 Å². The fraction of sp³-hybridized carbons (Fsp3) is 0.438. The highest BCUT2D eigenvalue weighted by Gasteiger charge is 2.21. The minimum atomic E-state index is -0.182. The van der Waals surface area contributed by atoms with Crippen molar-refractivity contribution in [1.82, 2.24) is 14.9 Å². The molecule has 20 heavy (non-hydrogen) atoms. The van der Waals surface area contributed by atoms with Gasteiger partial charge in [0, 0.05) is 24.8 Å². The zero-order valence-electron chi connectivity index (χ0n) is 11.7. The van der Waals surface area contributed by atoms with Gasteiger partial charge in [0.05, 0.1) is 12.0 Å². The van der Waals surface area contributed by atoms with Crippen LogP contribution in [0.3, 0.4) is 0 Å². The average molecular weight is 273 g/mol. The average Bonchev–Trinajstić information content (AvgIpc) is 3.15. The molecule has 1 atom stereocenters. The van der Waals surface area contributed by atoms with Crippen LogP contribution in [0.5, 0.6) is 0 Å². The maximum Gasteiger partial charge on any atom is 0.123 e. The van der Waals surface area contributed by atoms with E-state index in [4.69, 9.17) is 0 Å². The van der Waals surface area contributed by atoms with E-state index in [2.05, 4.69) is 21.8 Å². The number of nitrogens with one attached hydrogen (secondary N) is 1. The second-order valence-corrected chi connectivity index (χ2v) is 5.63. The lowest BCUT2D eigenvalue weighted by Gasteiger charge is -2.17. The quantitative estimate of drug-likeness (QED) is 0.876. The van der Waals surface area contributed by atoms with Crippen LogP contribution in [0.25, 0.3) is 0 Å². The molecule has 1 aliphatic rings. The van der Waals surface area contributed by atoms with Crippen molar-refractivity contribution >= 4 is 0 Å². The van der Waals surface area contributed by atoms with E-state index in [1.807, 2.05) is 24.7 Å². The van der Waals surface area contributed by atoms with Gasteiger partial charge >= 0.3 is 0 Å². The summed E-state index contributed by atoms with van der Waals surface area (Å²) in [6.07, 6.45) is 7.28. The highest BCUT2D eigenvalue weighted by Crippen LogP contribution is 2.21. The molecule has 0 aliphatic heterocycles. The van der Waals surface area contributed by atoms with Crippen molar-refractivity contribution in [3.63, 3.8) is 0 Å². The molecule has 4 heteroatoms. The lowest BCUT2D eigenvalue weighted by Crippen LogP contribution is -2.19. The van der Waals surface area contributed by atoms with E-state index in [9.17, 15) is 4.39 Å². The summed E-state index contributed by atoms with van der Waals surface area (Å²) >= 11 is 0. The summed E-state index contributed by atoms with van der Waals surface area (Å²) in [6.45, 7) is 3.05. The van der Waals surface area contributed by atoms with Crippen LogP contribution in [0.15, 0.2) is 36.8 Å². The first-order chi connectivity index (χ1) is 9.72. The van der Waals surface area contributed by atoms with Crippen molar-refractivity contribution in [2.24, 2.45) is 0 Å². The van der Waals surface area contributed by atoms with Crippen molar-refractivity contribution in [2.75, 3.05) is 0 Å². The molecular formula is C16H20FN3. The van der Waals surface area contributed by atoms with E-state index in [1.54, 1.807) is 0 Å². The summed E-state index contributed by atoms with van der Waals surface area (Å²) in [5.41, 5.74) is 2.36. The minimum absolute atomic E-state index is 0.182. The molecule has 0 saturated heterocycles. The zero-order valence-corrected chi connectivity index (χ0v) is 11.7. The van der Waals surface area contributed by atoms with E-state index in [0.717, 1.165) is 18.5 Å². The Morgan fingerprint density at radius 3 is 2.80 bits per heavy atom. The van der Waals surface area contributed by atoms with Gasteiger partial charge in [-0.3, -0.25) is 0 Å². The number of halogens is 1. The molecule has 1 unspecified atom stereocenters. The maximum atomic E-state index is 12.9. The first-order valence-corrected chi connectivity index (χ1v) is 7.21. The van der Waals surface area contributed by atoms with Crippen molar-refractivity contribution in [1.29, 1.82) is 0 Å². The fourth-order valence-electron chi connectivity index (χ4n) is 2.46. The number of rotatable bonds is 6. The molecule has 0 bridgehead atoms. The molecule has 2 aromatic rings. The minimum Gasteiger partial charge on any atom is -0.330 e. The van der Waals surface area contributed by atoms with Crippen LogP contribution in [0.4, 0.5) is 4.39 Å². The molecule has 3 nitrogen and oxygen atoms in total. The molecule has 3 rings (SSSR count). The highest BCUT2D eigenvalue weighted by atomic mass is 19.1. The zero-order chi connectivity index (χ0) is 13.9.